The molecule has 120 valence electrons. The van der Waals surface area contributed by atoms with Crippen LogP contribution in [0.3, 0.4) is 0 Å². The summed E-state index contributed by atoms with van der Waals surface area (Å²) in [6, 6.07) is 7.80. The van der Waals surface area contributed by atoms with E-state index in [0.717, 1.165) is 24.3 Å². The molecule has 1 amide bonds. The number of aromatic nitrogens is 2. The maximum atomic E-state index is 12.4. The molecule has 1 atom stereocenters. The van der Waals surface area contributed by atoms with Crippen molar-refractivity contribution in [3.05, 3.63) is 54.1 Å². The summed E-state index contributed by atoms with van der Waals surface area (Å²) in [5, 5.41) is 0. The van der Waals surface area contributed by atoms with Gasteiger partial charge in [0.15, 0.2) is 0 Å². The molecule has 2 heterocycles. The van der Waals surface area contributed by atoms with Crippen LogP contribution in [0.2, 0.25) is 0 Å². The van der Waals surface area contributed by atoms with Gasteiger partial charge in [-0.3, -0.25) is 19.7 Å². The fourth-order valence-corrected chi connectivity index (χ4v) is 3.34. The summed E-state index contributed by atoms with van der Waals surface area (Å²) in [5.41, 5.74) is 6.52. The zero-order valence-corrected chi connectivity index (χ0v) is 13.1. The molecule has 1 aliphatic heterocycles. The lowest BCUT2D eigenvalue weighted by molar-refractivity contribution is -0.129. The molecule has 0 unspecified atom stereocenters. The largest absolute Gasteiger partial charge is 0.496 e. The summed E-state index contributed by atoms with van der Waals surface area (Å²) < 4.78 is 5.42. The normalized spacial score (nSPS) is 21.3. The molecule has 0 spiro atoms. The number of nitrogens with two attached hydrogens (primary N) is 1. The van der Waals surface area contributed by atoms with Crippen LogP contribution in [0.15, 0.2) is 42.9 Å². The molecule has 1 aromatic carbocycles. The minimum atomic E-state index is -0.908. The predicted molar refractivity (Wildman–Crippen MR) is 85.5 cm³/mol. The van der Waals surface area contributed by atoms with Gasteiger partial charge in [-0.05, 0) is 25.5 Å². The van der Waals surface area contributed by atoms with Gasteiger partial charge in [0.1, 0.15) is 11.3 Å². The van der Waals surface area contributed by atoms with Crippen LogP contribution in [-0.2, 0) is 16.9 Å². The molecular formula is C17H20N4O2. The minimum Gasteiger partial charge on any atom is -0.496 e. The number of methoxy groups -OCH3 is 1. The molecule has 1 fully saturated rings. The summed E-state index contributed by atoms with van der Waals surface area (Å²) in [6.07, 6.45) is 6.35. The average molecular weight is 312 g/mol. The number of hydrogen-bond donors (Lipinski definition) is 1. The molecule has 1 saturated heterocycles. The third-order valence-electron chi connectivity index (χ3n) is 4.45. The third-order valence-corrected chi connectivity index (χ3v) is 4.45. The topological polar surface area (TPSA) is 81.3 Å². The van der Waals surface area contributed by atoms with E-state index in [4.69, 9.17) is 10.5 Å². The second-order valence-electron chi connectivity index (χ2n) is 5.65. The molecule has 1 aromatic heterocycles. The van der Waals surface area contributed by atoms with Crippen LogP contribution < -0.4 is 10.5 Å². The Morgan fingerprint density at radius 1 is 1.39 bits per heavy atom. The van der Waals surface area contributed by atoms with Crippen molar-refractivity contribution in [1.29, 1.82) is 0 Å². The van der Waals surface area contributed by atoms with E-state index in [1.807, 2.05) is 24.3 Å². The molecule has 6 nitrogen and oxygen atoms in total. The number of nitrogens with zero attached hydrogens (tertiary/aromatic N) is 3. The number of para-hydroxylation sites is 1. The SMILES string of the molecule is COc1ccccc1CN1CCC[C@]1(C(N)=O)c1cnccn1. The van der Waals surface area contributed by atoms with E-state index < -0.39 is 5.54 Å². The highest BCUT2D eigenvalue weighted by molar-refractivity contribution is 5.86. The number of rotatable bonds is 5. The minimum absolute atomic E-state index is 0.384. The van der Waals surface area contributed by atoms with E-state index >= 15 is 0 Å². The van der Waals surface area contributed by atoms with Crippen LogP contribution in [-0.4, -0.2) is 34.4 Å². The van der Waals surface area contributed by atoms with Gasteiger partial charge in [-0.2, -0.15) is 0 Å². The Balaban J connectivity index is 1.99. The smallest absolute Gasteiger partial charge is 0.244 e. The van der Waals surface area contributed by atoms with Crippen LogP contribution >= 0.6 is 0 Å². The quantitative estimate of drug-likeness (QED) is 0.904. The molecular weight excluding hydrogens is 292 g/mol. The lowest BCUT2D eigenvalue weighted by Gasteiger charge is -2.35. The van der Waals surface area contributed by atoms with Crippen LogP contribution in [0.5, 0.6) is 5.75 Å². The van der Waals surface area contributed by atoms with Gasteiger partial charge in [0.2, 0.25) is 5.91 Å². The standard InChI is InChI=1S/C17H20N4O2/c1-23-14-6-3-2-5-13(14)12-21-10-4-7-17(21,16(18)22)15-11-19-8-9-20-15/h2-3,5-6,8-9,11H,4,7,10,12H2,1H3,(H2,18,22)/t17-/m1/s1. The highest BCUT2D eigenvalue weighted by Gasteiger charge is 2.49. The van der Waals surface area contributed by atoms with Gasteiger partial charge in [0.25, 0.3) is 0 Å². The van der Waals surface area contributed by atoms with Crippen molar-refractivity contribution < 1.29 is 9.53 Å². The maximum absolute atomic E-state index is 12.4. The number of amides is 1. The monoisotopic (exact) mass is 312 g/mol. The maximum Gasteiger partial charge on any atom is 0.244 e. The highest BCUT2D eigenvalue weighted by Crippen LogP contribution is 2.39. The molecule has 0 radical (unpaired) electrons. The van der Waals surface area contributed by atoms with E-state index in [-0.39, 0.29) is 5.91 Å². The molecule has 0 aliphatic carbocycles. The van der Waals surface area contributed by atoms with Crippen molar-refractivity contribution in [3.63, 3.8) is 0 Å². The van der Waals surface area contributed by atoms with Crippen molar-refractivity contribution in [3.8, 4) is 5.75 Å². The molecule has 2 aromatic rings. The number of likely N-dealkylation sites (tertiary alicyclic amines) is 1. The van der Waals surface area contributed by atoms with Crippen molar-refractivity contribution in [2.45, 2.75) is 24.9 Å². The fraction of sp³-hybridized carbons (Fsp3) is 0.353. The highest BCUT2D eigenvalue weighted by atomic mass is 16.5. The lowest BCUT2D eigenvalue weighted by atomic mass is 9.90. The summed E-state index contributed by atoms with van der Waals surface area (Å²) in [5.74, 6) is 0.419. The number of primary amides is 1. The summed E-state index contributed by atoms with van der Waals surface area (Å²) in [6.45, 7) is 1.35. The zero-order chi connectivity index (χ0) is 16.3. The number of benzene rings is 1. The van der Waals surface area contributed by atoms with Gasteiger partial charge in [0, 0.05) is 24.5 Å². The van der Waals surface area contributed by atoms with E-state index in [2.05, 4.69) is 14.9 Å². The van der Waals surface area contributed by atoms with Gasteiger partial charge >= 0.3 is 0 Å². The van der Waals surface area contributed by atoms with Crippen LogP contribution in [0.25, 0.3) is 0 Å². The van der Waals surface area contributed by atoms with Crippen LogP contribution in [0.4, 0.5) is 0 Å². The number of hydrogen-bond acceptors (Lipinski definition) is 5. The Kier molecular flexibility index (Phi) is 4.25. The summed E-state index contributed by atoms with van der Waals surface area (Å²) in [4.78, 5) is 22.9. The van der Waals surface area contributed by atoms with E-state index in [9.17, 15) is 4.79 Å². The Morgan fingerprint density at radius 2 is 2.22 bits per heavy atom. The second-order valence-corrected chi connectivity index (χ2v) is 5.65. The second kappa shape index (κ2) is 6.34. The van der Waals surface area contributed by atoms with Gasteiger partial charge in [-0.1, -0.05) is 18.2 Å². The van der Waals surface area contributed by atoms with Gasteiger partial charge in [0.05, 0.1) is 19.0 Å². The van der Waals surface area contributed by atoms with Gasteiger partial charge < -0.3 is 10.5 Å². The Hall–Kier alpha value is -2.47. The molecule has 0 bridgehead atoms. The van der Waals surface area contributed by atoms with Gasteiger partial charge in [-0.25, -0.2) is 0 Å². The van der Waals surface area contributed by atoms with Crippen LogP contribution in [0.1, 0.15) is 24.1 Å². The molecule has 0 saturated carbocycles. The van der Waals surface area contributed by atoms with E-state index in [1.54, 1.807) is 25.7 Å². The van der Waals surface area contributed by atoms with E-state index in [0.29, 0.717) is 18.7 Å². The Labute approximate surface area is 135 Å². The number of carbonyl (C=O) groups excluding carboxylic acids is 1. The van der Waals surface area contributed by atoms with E-state index in [1.165, 1.54) is 0 Å². The lowest BCUT2D eigenvalue weighted by Crippen LogP contribution is -2.51. The third kappa shape index (κ3) is 2.66. The predicted octanol–water partition coefficient (Wildman–Crippen LogP) is 1.46. The summed E-state index contributed by atoms with van der Waals surface area (Å²) >= 11 is 0. The van der Waals surface area contributed by atoms with Crippen LogP contribution in [0, 0.1) is 0 Å². The number of carbonyl (C=O) groups is 1. The fourth-order valence-electron chi connectivity index (χ4n) is 3.34. The van der Waals surface area contributed by atoms with Gasteiger partial charge in [-0.15, -0.1) is 0 Å². The first-order valence-electron chi connectivity index (χ1n) is 7.62. The van der Waals surface area contributed by atoms with Crippen molar-refractivity contribution in [2.75, 3.05) is 13.7 Å². The first kappa shape index (κ1) is 15.4. The van der Waals surface area contributed by atoms with Crippen molar-refractivity contribution >= 4 is 5.91 Å². The molecule has 2 N–H and O–H groups in total. The molecule has 1 aliphatic rings. The molecule has 3 rings (SSSR count). The zero-order valence-electron chi connectivity index (χ0n) is 13.1. The average Bonchev–Trinajstić information content (AvgIpc) is 3.01. The Bertz CT molecular complexity index is 692. The van der Waals surface area contributed by atoms with Crippen molar-refractivity contribution in [2.24, 2.45) is 5.73 Å². The molecule has 6 heteroatoms. The number of ether oxygens (including phenoxy) is 1. The first-order valence-corrected chi connectivity index (χ1v) is 7.62. The van der Waals surface area contributed by atoms with Crippen molar-refractivity contribution in [1.82, 2.24) is 14.9 Å². The Morgan fingerprint density at radius 3 is 2.91 bits per heavy atom. The summed E-state index contributed by atoms with van der Waals surface area (Å²) in [7, 11) is 1.65. The first-order chi connectivity index (χ1) is 11.2. The molecule has 23 heavy (non-hydrogen) atoms.